The van der Waals surface area contributed by atoms with Crippen LogP contribution in [0.4, 0.5) is 0 Å². The summed E-state index contributed by atoms with van der Waals surface area (Å²) in [5.74, 6) is -0.711. The van der Waals surface area contributed by atoms with Crippen LogP contribution in [0.25, 0.3) is 0 Å². The first kappa shape index (κ1) is 13.2. The van der Waals surface area contributed by atoms with Crippen LogP contribution in [0.1, 0.15) is 6.42 Å². The lowest BCUT2D eigenvalue weighted by atomic mass is 9.80. The third-order valence-corrected chi connectivity index (χ3v) is 6.47. The van der Waals surface area contributed by atoms with Crippen molar-refractivity contribution >= 4 is 23.7 Å². The summed E-state index contributed by atoms with van der Waals surface area (Å²) in [5.41, 5.74) is 0. The van der Waals surface area contributed by atoms with Crippen LogP contribution in [0.2, 0.25) is 0 Å². The van der Waals surface area contributed by atoms with Crippen LogP contribution in [0, 0.1) is 23.7 Å². The molecule has 21 heavy (non-hydrogen) atoms. The first-order valence-corrected chi connectivity index (χ1v) is 8.08. The van der Waals surface area contributed by atoms with Crippen molar-refractivity contribution in [3.05, 3.63) is 30.3 Å². The quantitative estimate of drug-likeness (QED) is 0.801. The second-order valence-corrected chi connectivity index (χ2v) is 7.19. The maximum Gasteiger partial charge on any atom is 0.310 e. The molecule has 0 N–H and O–H groups in total. The van der Waals surface area contributed by atoms with Crippen LogP contribution in [-0.2, 0) is 19.1 Å². The monoisotopic (exact) mass is 304 g/mol. The van der Waals surface area contributed by atoms with Gasteiger partial charge in [0.15, 0.2) is 0 Å². The molecular weight excluding hydrogens is 288 g/mol. The maximum atomic E-state index is 12.1. The first-order chi connectivity index (χ1) is 10.2. The zero-order valence-corrected chi connectivity index (χ0v) is 12.4. The van der Waals surface area contributed by atoms with E-state index < -0.39 is 0 Å². The van der Waals surface area contributed by atoms with E-state index in [1.807, 2.05) is 18.2 Å². The van der Waals surface area contributed by atoms with Crippen molar-refractivity contribution in [1.82, 2.24) is 0 Å². The zero-order chi connectivity index (χ0) is 14.6. The van der Waals surface area contributed by atoms with Crippen molar-refractivity contribution in [3.8, 4) is 0 Å². The Bertz CT molecular complexity index is 587. The van der Waals surface area contributed by atoms with Crippen molar-refractivity contribution in [2.75, 3.05) is 7.11 Å². The molecule has 0 unspecified atom stereocenters. The summed E-state index contributed by atoms with van der Waals surface area (Å²) >= 11 is 1.72. The van der Waals surface area contributed by atoms with E-state index >= 15 is 0 Å². The van der Waals surface area contributed by atoms with Crippen LogP contribution < -0.4 is 0 Å². The molecule has 1 saturated heterocycles. The number of rotatable bonds is 3. The number of hydrogen-bond acceptors (Lipinski definition) is 5. The van der Waals surface area contributed by atoms with Crippen molar-refractivity contribution in [2.24, 2.45) is 23.7 Å². The molecule has 0 spiro atoms. The second kappa shape index (κ2) is 4.77. The second-order valence-electron chi connectivity index (χ2n) is 5.94. The largest absolute Gasteiger partial charge is 0.469 e. The third-order valence-electron chi connectivity index (χ3n) is 5.03. The molecule has 4 rings (SSSR count). The Morgan fingerprint density at radius 2 is 2.05 bits per heavy atom. The Morgan fingerprint density at radius 1 is 1.29 bits per heavy atom. The molecule has 2 saturated carbocycles. The molecule has 3 fully saturated rings. The van der Waals surface area contributed by atoms with E-state index in [9.17, 15) is 9.59 Å². The Labute approximate surface area is 127 Å². The molecule has 1 aromatic carbocycles. The van der Waals surface area contributed by atoms with E-state index in [-0.39, 0.29) is 47.0 Å². The lowest BCUT2D eigenvalue weighted by molar-refractivity contribution is -0.153. The molecule has 0 aromatic heterocycles. The highest BCUT2D eigenvalue weighted by molar-refractivity contribution is 8.00. The fourth-order valence-corrected chi connectivity index (χ4v) is 5.74. The minimum Gasteiger partial charge on any atom is -0.469 e. The van der Waals surface area contributed by atoms with Gasteiger partial charge in [-0.1, -0.05) is 18.2 Å². The van der Waals surface area contributed by atoms with Gasteiger partial charge in [0.2, 0.25) is 0 Å². The fraction of sp³-hybridized carbons (Fsp3) is 0.500. The third kappa shape index (κ3) is 1.83. The highest BCUT2D eigenvalue weighted by Gasteiger charge is 2.68. The molecule has 0 amide bonds. The van der Waals surface area contributed by atoms with Crippen LogP contribution in [0.15, 0.2) is 35.2 Å². The molecule has 1 heterocycles. The average molecular weight is 304 g/mol. The van der Waals surface area contributed by atoms with Gasteiger partial charge in [-0.3, -0.25) is 9.59 Å². The van der Waals surface area contributed by atoms with Gasteiger partial charge in [0, 0.05) is 10.8 Å². The molecule has 3 aliphatic rings. The Kier molecular flexibility index (Phi) is 2.99. The van der Waals surface area contributed by atoms with E-state index in [2.05, 4.69) is 12.1 Å². The molecule has 0 radical (unpaired) electrons. The standard InChI is InChI=1S/C16H16O4S/c1-19-15(17)12-10-7-9-11(12)16(18)20-13(9)14(10)21-8-5-3-2-4-6-8/h2-6,9-14H,7H2,1H3/t9-,10-,11+,12-,13+,14-/m1/s1. The van der Waals surface area contributed by atoms with Crippen LogP contribution in [0.5, 0.6) is 0 Å². The van der Waals surface area contributed by atoms with Gasteiger partial charge in [-0.05, 0) is 24.5 Å². The van der Waals surface area contributed by atoms with Gasteiger partial charge in [0.25, 0.3) is 0 Å². The summed E-state index contributed by atoms with van der Waals surface area (Å²) in [6, 6.07) is 10.1. The minimum absolute atomic E-state index is 0.0430. The number of carbonyl (C=O) groups excluding carboxylic acids is 2. The number of carbonyl (C=O) groups is 2. The van der Waals surface area contributed by atoms with Crippen LogP contribution in [-0.4, -0.2) is 30.4 Å². The molecule has 1 aromatic rings. The Hall–Kier alpha value is -1.49. The Morgan fingerprint density at radius 3 is 2.76 bits per heavy atom. The predicted octanol–water partition coefficient (Wildman–Crippen LogP) is 2.13. The van der Waals surface area contributed by atoms with E-state index in [0.29, 0.717) is 0 Å². The topological polar surface area (TPSA) is 52.6 Å². The lowest BCUT2D eigenvalue weighted by Crippen LogP contribution is -2.39. The molecule has 6 atom stereocenters. The Balaban J connectivity index is 1.64. The highest BCUT2D eigenvalue weighted by atomic mass is 32.2. The molecule has 1 aliphatic heterocycles. The zero-order valence-electron chi connectivity index (χ0n) is 11.6. The summed E-state index contributed by atoms with van der Waals surface area (Å²) in [4.78, 5) is 25.3. The number of ether oxygens (including phenoxy) is 2. The van der Waals surface area contributed by atoms with Gasteiger partial charge in [-0.25, -0.2) is 0 Å². The van der Waals surface area contributed by atoms with Crippen molar-refractivity contribution < 1.29 is 19.1 Å². The summed E-state index contributed by atoms with van der Waals surface area (Å²) < 4.78 is 10.5. The van der Waals surface area contributed by atoms with E-state index in [0.717, 1.165) is 11.3 Å². The van der Waals surface area contributed by atoms with E-state index in [1.165, 1.54) is 7.11 Å². The SMILES string of the molecule is COC(=O)[C@@H]1[C@H]2C[C@H]3[C@H](OC(=O)[C@@H]31)[C@@H]2Sc1ccccc1. The number of thioether (sulfide) groups is 1. The van der Waals surface area contributed by atoms with Gasteiger partial charge in [-0.15, -0.1) is 11.8 Å². The first-order valence-electron chi connectivity index (χ1n) is 7.20. The van der Waals surface area contributed by atoms with Gasteiger partial charge < -0.3 is 9.47 Å². The molecule has 110 valence electrons. The highest BCUT2D eigenvalue weighted by Crippen LogP contribution is 2.61. The smallest absolute Gasteiger partial charge is 0.310 e. The molecular formula is C16H16O4S. The normalized spacial score (nSPS) is 39.4. The summed E-state index contributed by atoms with van der Waals surface area (Å²) in [6.45, 7) is 0. The number of hydrogen-bond donors (Lipinski definition) is 0. The number of esters is 2. The van der Waals surface area contributed by atoms with Gasteiger partial charge >= 0.3 is 11.9 Å². The lowest BCUT2D eigenvalue weighted by Gasteiger charge is -2.29. The number of benzene rings is 1. The molecule has 5 heteroatoms. The van der Waals surface area contributed by atoms with Crippen molar-refractivity contribution in [1.29, 1.82) is 0 Å². The van der Waals surface area contributed by atoms with E-state index in [1.54, 1.807) is 11.8 Å². The van der Waals surface area contributed by atoms with Crippen LogP contribution in [0.3, 0.4) is 0 Å². The number of fused-ring (bicyclic) bond motifs is 1. The van der Waals surface area contributed by atoms with Gasteiger partial charge in [0.1, 0.15) is 6.10 Å². The van der Waals surface area contributed by atoms with Crippen LogP contribution >= 0.6 is 11.8 Å². The van der Waals surface area contributed by atoms with Gasteiger partial charge in [-0.2, -0.15) is 0 Å². The minimum atomic E-state index is -0.326. The fourth-order valence-electron chi connectivity index (χ4n) is 4.26. The summed E-state index contributed by atoms with van der Waals surface area (Å²) in [5, 5.41) is 0.157. The predicted molar refractivity (Wildman–Crippen MR) is 76.6 cm³/mol. The summed E-state index contributed by atoms with van der Waals surface area (Å²) in [6.07, 6.45) is 0.851. The molecule has 4 nitrogen and oxygen atoms in total. The van der Waals surface area contributed by atoms with E-state index in [4.69, 9.17) is 9.47 Å². The van der Waals surface area contributed by atoms with Crippen molar-refractivity contribution in [2.45, 2.75) is 22.7 Å². The van der Waals surface area contributed by atoms with Crippen molar-refractivity contribution in [3.63, 3.8) is 0 Å². The average Bonchev–Trinajstić information content (AvgIpc) is 3.11. The molecule has 2 aliphatic carbocycles. The molecule has 2 bridgehead atoms. The maximum absolute atomic E-state index is 12.1. The number of methoxy groups -OCH3 is 1. The summed E-state index contributed by atoms with van der Waals surface area (Å²) in [7, 11) is 1.39. The van der Waals surface area contributed by atoms with Gasteiger partial charge in [0.05, 0.1) is 24.2 Å².